The van der Waals surface area contributed by atoms with Gasteiger partial charge >= 0.3 is 25.7 Å². The number of allylic oxidation sites excluding steroid dienone is 7. The fourth-order valence-corrected chi connectivity index (χ4v) is 6.49. The van der Waals surface area contributed by atoms with Gasteiger partial charge in [-0.15, -0.1) is 0 Å². The lowest BCUT2D eigenvalue weighted by molar-refractivity contribution is -0.157. The van der Waals surface area contributed by atoms with Crippen LogP contribution in [0.3, 0.4) is 0 Å². The van der Waals surface area contributed by atoms with Crippen molar-refractivity contribution < 1.29 is 47.5 Å². The Morgan fingerprint density at radius 3 is 1.62 bits per heavy atom. The van der Waals surface area contributed by atoms with Crippen molar-refractivity contribution in [3.8, 4) is 0 Å². The van der Waals surface area contributed by atoms with Gasteiger partial charge in [0.1, 0.15) is 12.6 Å². The van der Waals surface area contributed by atoms with E-state index < -0.39 is 57.7 Å². The lowest BCUT2D eigenvalue weighted by atomic mass is 10.1. The van der Waals surface area contributed by atoms with Crippen LogP contribution < -0.4 is 5.73 Å². The first kappa shape index (κ1) is 53.4. The average molecular weight is 812 g/mol. The van der Waals surface area contributed by atoms with Gasteiger partial charge in [-0.05, 0) is 51.4 Å². The van der Waals surface area contributed by atoms with Gasteiger partial charge < -0.3 is 25.2 Å². The Morgan fingerprint density at radius 1 is 0.607 bits per heavy atom. The molecule has 0 fully saturated rings. The molecule has 0 bridgehead atoms. The molecule has 0 rings (SSSR count). The van der Waals surface area contributed by atoms with Gasteiger partial charge in [-0.25, -0.2) is 9.36 Å². The first-order valence-corrected chi connectivity index (χ1v) is 23.2. The highest BCUT2D eigenvalue weighted by Gasteiger charge is 2.27. The number of unbranched alkanes of at least 4 members (excludes halogenated alkanes) is 21. The predicted octanol–water partition coefficient (Wildman–Crippen LogP) is 11.4. The quantitative estimate of drug-likeness (QED) is 0.0134. The second-order valence-corrected chi connectivity index (χ2v) is 16.0. The number of phosphoric ester groups is 1. The van der Waals surface area contributed by atoms with Crippen LogP contribution in [0.4, 0.5) is 0 Å². The number of hydrogen-bond acceptors (Lipinski definition) is 9. The number of carboxylic acid groups (broad SMARTS) is 1. The van der Waals surface area contributed by atoms with Crippen LogP contribution in [0.25, 0.3) is 0 Å². The highest BCUT2D eigenvalue weighted by Crippen LogP contribution is 2.43. The molecule has 0 aliphatic heterocycles. The van der Waals surface area contributed by atoms with Crippen molar-refractivity contribution in [2.24, 2.45) is 5.73 Å². The van der Waals surface area contributed by atoms with Gasteiger partial charge in [-0.1, -0.05) is 166 Å². The Hall–Kier alpha value is -2.56. The smallest absolute Gasteiger partial charge is 0.472 e. The molecule has 56 heavy (non-hydrogen) atoms. The van der Waals surface area contributed by atoms with Gasteiger partial charge in [0.25, 0.3) is 0 Å². The summed E-state index contributed by atoms with van der Waals surface area (Å²) in [6, 6.07) is -1.54. The van der Waals surface area contributed by atoms with Crippen molar-refractivity contribution in [3.05, 3.63) is 48.6 Å². The zero-order valence-corrected chi connectivity index (χ0v) is 35.9. The van der Waals surface area contributed by atoms with Crippen LogP contribution in [0.2, 0.25) is 0 Å². The van der Waals surface area contributed by atoms with Crippen molar-refractivity contribution in [1.82, 2.24) is 0 Å². The molecule has 4 N–H and O–H groups in total. The molecular formula is C44H78NO10P. The molecule has 11 nitrogen and oxygen atoms in total. The number of ether oxygens (including phenoxy) is 2. The van der Waals surface area contributed by atoms with Crippen LogP contribution in [0.1, 0.15) is 181 Å². The molecule has 0 spiro atoms. The molecule has 0 aromatic rings. The van der Waals surface area contributed by atoms with E-state index >= 15 is 0 Å². The zero-order chi connectivity index (χ0) is 41.4. The molecule has 0 amide bonds. The molecule has 0 saturated carbocycles. The fourth-order valence-electron chi connectivity index (χ4n) is 5.71. The fraction of sp³-hybridized carbons (Fsp3) is 0.750. The lowest BCUT2D eigenvalue weighted by Crippen LogP contribution is -2.34. The largest absolute Gasteiger partial charge is 0.480 e. The summed E-state index contributed by atoms with van der Waals surface area (Å²) < 4.78 is 32.5. The molecule has 0 aliphatic carbocycles. The highest BCUT2D eigenvalue weighted by atomic mass is 31.2. The van der Waals surface area contributed by atoms with Crippen LogP contribution in [-0.4, -0.2) is 59.9 Å². The first-order valence-electron chi connectivity index (χ1n) is 21.7. The summed E-state index contributed by atoms with van der Waals surface area (Å²) in [7, 11) is -4.74. The summed E-state index contributed by atoms with van der Waals surface area (Å²) in [4.78, 5) is 45.8. The molecule has 0 aromatic heterocycles. The highest BCUT2D eigenvalue weighted by molar-refractivity contribution is 7.47. The Kier molecular flexibility index (Phi) is 37.5. The van der Waals surface area contributed by atoms with Gasteiger partial charge in [0.2, 0.25) is 0 Å². The van der Waals surface area contributed by atoms with Crippen molar-refractivity contribution in [2.75, 3.05) is 19.8 Å². The second kappa shape index (κ2) is 39.3. The molecule has 3 atom stereocenters. The van der Waals surface area contributed by atoms with Gasteiger partial charge in [-0.3, -0.25) is 18.6 Å². The third-order valence-corrected chi connectivity index (χ3v) is 10.1. The minimum Gasteiger partial charge on any atom is -0.480 e. The molecule has 0 aliphatic rings. The molecule has 0 radical (unpaired) electrons. The molecular weight excluding hydrogens is 733 g/mol. The number of rotatable bonds is 40. The van der Waals surface area contributed by atoms with Gasteiger partial charge in [0.05, 0.1) is 13.2 Å². The summed E-state index contributed by atoms with van der Waals surface area (Å²) in [6.45, 7) is 2.65. The maximum atomic E-state index is 12.5. The van der Waals surface area contributed by atoms with E-state index in [1.807, 2.05) is 6.08 Å². The van der Waals surface area contributed by atoms with Crippen LogP contribution in [0.5, 0.6) is 0 Å². The maximum absolute atomic E-state index is 12.5. The number of nitrogens with two attached hydrogens (primary N) is 1. The maximum Gasteiger partial charge on any atom is 0.472 e. The molecule has 0 aromatic carbocycles. The summed E-state index contributed by atoms with van der Waals surface area (Å²) in [5.41, 5.74) is 5.32. The van der Waals surface area contributed by atoms with Gasteiger partial charge in [-0.2, -0.15) is 0 Å². The third kappa shape index (κ3) is 38.3. The molecule has 12 heteroatoms. The van der Waals surface area contributed by atoms with Crippen LogP contribution in [0.15, 0.2) is 48.6 Å². The Morgan fingerprint density at radius 2 is 1.07 bits per heavy atom. The van der Waals surface area contributed by atoms with E-state index in [9.17, 15) is 23.8 Å². The number of phosphoric acid groups is 1. The average Bonchev–Trinajstić information content (AvgIpc) is 3.17. The summed E-state index contributed by atoms with van der Waals surface area (Å²) in [5.74, 6) is -2.65. The van der Waals surface area contributed by atoms with E-state index in [0.717, 1.165) is 51.4 Å². The summed E-state index contributed by atoms with van der Waals surface area (Å²) in [5, 5.41) is 8.88. The summed E-state index contributed by atoms with van der Waals surface area (Å²) >= 11 is 0. The summed E-state index contributed by atoms with van der Waals surface area (Å²) in [6.07, 6.45) is 43.8. The number of aliphatic carboxylic acids is 1. The Labute approximate surface area is 339 Å². The van der Waals surface area contributed by atoms with E-state index in [4.69, 9.17) is 24.8 Å². The van der Waals surface area contributed by atoms with E-state index in [1.165, 1.54) is 109 Å². The van der Waals surface area contributed by atoms with E-state index in [2.05, 4.69) is 42.7 Å². The molecule has 1 unspecified atom stereocenters. The van der Waals surface area contributed by atoms with Crippen molar-refractivity contribution in [3.63, 3.8) is 0 Å². The van der Waals surface area contributed by atoms with Crippen LogP contribution in [0, 0.1) is 0 Å². The number of esters is 2. The SMILES string of the molecule is CCCCC/C=C/C/C=C/CCCCCCCCCC(=O)OC[C@H](COP(=O)(O)OC[C@H](N)C(=O)O)OC(=O)/C=C/C=C/CCCCCCCCCCCCC. The Balaban J connectivity index is 4.47. The van der Waals surface area contributed by atoms with Gasteiger partial charge in [0.15, 0.2) is 6.10 Å². The predicted molar refractivity (Wildman–Crippen MR) is 226 cm³/mol. The van der Waals surface area contributed by atoms with Crippen molar-refractivity contribution in [2.45, 2.75) is 193 Å². The van der Waals surface area contributed by atoms with Crippen LogP contribution in [-0.2, 0) is 37.5 Å². The third-order valence-electron chi connectivity index (χ3n) is 9.16. The molecule has 324 valence electrons. The monoisotopic (exact) mass is 812 g/mol. The second-order valence-electron chi connectivity index (χ2n) is 14.5. The zero-order valence-electron chi connectivity index (χ0n) is 35.0. The number of carboxylic acids is 1. The molecule has 0 heterocycles. The van der Waals surface area contributed by atoms with Gasteiger partial charge in [0, 0.05) is 12.5 Å². The standard InChI is InChI=1S/C44H78NO10P/c1-3-5-7-9-11-13-15-17-19-20-22-23-25-27-29-31-33-35-42(46)52-37-40(38-53-56(50,51)54-39-41(45)44(48)49)55-43(47)36-34-32-30-28-26-24-21-18-16-14-12-10-8-6-4-2/h11,13,17,19,30,32,34,36,40-41H,3-10,12,14-16,18,20-29,31,33,35,37-39,45H2,1-2H3,(H,48,49)(H,50,51)/b13-11+,19-17+,32-30+,36-34+/t40-,41+/m1/s1. The van der Waals surface area contributed by atoms with E-state index in [1.54, 1.807) is 12.2 Å². The number of carbonyl (C=O) groups excluding carboxylic acids is 2. The minimum atomic E-state index is -4.74. The normalized spacial score (nSPS) is 14.2. The van der Waals surface area contributed by atoms with Crippen LogP contribution >= 0.6 is 7.82 Å². The molecule has 0 saturated heterocycles. The lowest BCUT2D eigenvalue weighted by Gasteiger charge is -2.19. The van der Waals surface area contributed by atoms with E-state index in [-0.39, 0.29) is 6.42 Å². The minimum absolute atomic E-state index is 0.192. The first-order chi connectivity index (χ1) is 27.1. The number of carbonyl (C=O) groups is 3. The van der Waals surface area contributed by atoms with Crippen molar-refractivity contribution >= 4 is 25.7 Å². The Bertz CT molecular complexity index is 1140. The number of hydrogen-bond donors (Lipinski definition) is 3. The van der Waals surface area contributed by atoms with Crippen molar-refractivity contribution in [1.29, 1.82) is 0 Å². The topological polar surface area (TPSA) is 172 Å². The van der Waals surface area contributed by atoms with E-state index in [0.29, 0.717) is 6.42 Å².